The van der Waals surface area contributed by atoms with Gasteiger partial charge < -0.3 is 10.5 Å². The molecule has 2 nitrogen and oxygen atoms in total. The zero-order valence-electron chi connectivity index (χ0n) is 11.4. The van der Waals surface area contributed by atoms with Gasteiger partial charge in [0.2, 0.25) is 0 Å². The van der Waals surface area contributed by atoms with Gasteiger partial charge in [-0.1, -0.05) is 13.0 Å². The molecule has 19 heavy (non-hydrogen) atoms. The van der Waals surface area contributed by atoms with E-state index in [2.05, 4.69) is 0 Å². The molecule has 0 radical (unpaired) electrons. The Balaban J connectivity index is 2.11. The molecule has 2 rings (SSSR count). The summed E-state index contributed by atoms with van der Waals surface area (Å²) >= 11 is 1.78. The van der Waals surface area contributed by atoms with Gasteiger partial charge in [0.05, 0.1) is 0 Å². The van der Waals surface area contributed by atoms with Crippen LogP contribution in [0.5, 0.6) is 0 Å². The van der Waals surface area contributed by atoms with Crippen LogP contribution in [-0.4, -0.2) is 24.5 Å². The number of ether oxygens (including phenoxy) is 1. The van der Waals surface area contributed by atoms with E-state index in [9.17, 15) is 4.39 Å². The van der Waals surface area contributed by atoms with Crippen molar-refractivity contribution in [3.05, 3.63) is 29.6 Å². The maximum absolute atomic E-state index is 14.0. The first-order valence-corrected chi connectivity index (χ1v) is 7.86. The van der Waals surface area contributed by atoms with Crippen LogP contribution in [0.3, 0.4) is 0 Å². The standard InChI is InChI=1S/C15H22FNOS/c1-2-11(17)10-13-14(16)4-3-5-15(13)19-12-6-8-18-9-7-12/h3-5,11-12H,2,6-10,17H2,1H3. The highest BCUT2D eigenvalue weighted by Crippen LogP contribution is 2.33. The minimum Gasteiger partial charge on any atom is -0.381 e. The average molecular weight is 283 g/mol. The average Bonchev–Trinajstić information content (AvgIpc) is 2.43. The van der Waals surface area contributed by atoms with Crippen molar-refractivity contribution in [2.24, 2.45) is 5.73 Å². The lowest BCUT2D eigenvalue weighted by Gasteiger charge is -2.23. The Kier molecular flexibility index (Phi) is 5.67. The van der Waals surface area contributed by atoms with Crippen LogP contribution in [0.25, 0.3) is 0 Å². The van der Waals surface area contributed by atoms with Crippen molar-refractivity contribution in [2.45, 2.75) is 48.8 Å². The molecule has 1 aromatic carbocycles. The smallest absolute Gasteiger partial charge is 0.127 e. The Morgan fingerprint density at radius 1 is 1.42 bits per heavy atom. The summed E-state index contributed by atoms with van der Waals surface area (Å²) in [6, 6.07) is 5.37. The molecule has 1 fully saturated rings. The number of benzene rings is 1. The maximum atomic E-state index is 14.0. The molecule has 1 atom stereocenters. The molecule has 1 heterocycles. The number of halogens is 1. The quantitative estimate of drug-likeness (QED) is 0.900. The van der Waals surface area contributed by atoms with Gasteiger partial charge in [-0.3, -0.25) is 0 Å². The van der Waals surface area contributed by atoms with E-state index in [1.165, 1.54) is 6.07 Å². The number of hydrogen-bond donors (Lipinski definition) is 1. The number of thioether (sulfide) groups is 1. The highest BCUT2D eigenvalue weighted by molar-refractivity contribution is 8.00. The lowest BCUT2D eigenvalue weighted by Crippen LogP contribution is -2.23. The molecule has 2 N–H and O–H groups in total. The summed E-state index contributed by atoms with van der Waals surface area (Å²) < 4.78 is 19.4. The van der Waals surface area contributed by atoms with Crippen LogP contribution in [0.1, 0.15) is 31.7 Å². The van der Waals surface area contributed by atoms with Gasteiger partial charge in [0.1, 0.15) is 5.82 Å². The molecule has 1 unspecified atom stereocenters. The molecule has 1 aliphatic rings. The fourth-order valence-corrected chi connectivity index (χ4v) is 3.49. The van der Waals surface area contributed by atoms with Crippen molar-refractivity contribution in [2.75, 3.05) is 13.2 Å². The minimum atomic E-state index is -0.124. The van der Waals surface area contributed by atoms with Crippen molar-refractivity contribution in [3.8, 4) is 0 Å². The first kappa shape index (κ1) is 14.8. The van der Waals surface area contributed by atoms with Crippen LogP contribution in [0.4, 0.5) is 4.39 Å². The fraction of sp³-hybridized carbons (Fsp3) is 0.600. The van der Waals surface area contributed by atoms with Crippen molar-refractivity contribution in [1.29, 1.82) is 0 Å². The summed E-state index contributed by atoms with van der Waals surface area (Å²) in [5.41, 5.74) is 6.77. The first-order valence-electron chi connectivity index (χ1n) is 6.98. The SMILES string of the molecule is CCC(N)Cc1c(F)cccc1SC1CCOCC1. The van der Waals surface area contributed by atoms with Crippen molar-refractivity contribution >= 4 is 11.8 Å². The normalized spacial score (nSPS) is 18.5. The molecule has 1 saturated heterocycles. The van der Waals surface area contributed by atoms with Gasteiger partial charge in [0.15, 0.2) is 0 Å². The third-order valence-corrected chi connectivity index (χ3v) is 4.97. The summed E-state index contributed by atoms with van der Waals surface area (Å²) in [5.74, 6) is -0.124. The van der Waals surface area contributed by atoms with E-state index in [1.54, 1.807) is 17.8 Å². The summed E-state index contributed by atoms with van der Waals surface area (Å²) in [5, 5.41) is 0.534. The lowest BCUT2D eigenvalue weighted by atomic mass is 10.0. The monoisotopic (exact) mass is 283 g/mol. The van der Waals surface area contributed by atoms with Crippen LogP contribution < -0.4 is 5.73 Å². The molecule has 0 aromatic heterocycles. The lowest BCUT2D eigenvalue weighted by molar-refractivity contribution is 0.1000. The van der Waals surface area contributed by atoms with Crippen LogP contribution in [0.2, 0.25) is 0 Å². The van der Waals surface area contributed by atoms with Gasteiger partial charge in [-0.25, -0.2) is 4.39 Å². The predicted octanol–water partition coefficient (Wildman–Crippen LogP) is 3.38. The van der Waals surface area contributed by atoms with Crippen LogP contribution >= 0.6 is 11.8 Å². The van der Waals surface area contributed by atoms with Gasteiger partial charge in [0, 0.05) is 35.0 Å². The third kappa shape index (κ3) is 4.20. The third-order valence-electron chi connectivity index (χ3n) is 3.53. The molecular formula is C15H22FNOS. The zero-order chi connectivity index (χ0) is 13.7. The first-order chi connectivity index (χ1) is 9.20. The summed E-state index contributed by atoms with van der Waals surface area (Å²) in [7, 11) is 0. The maximum Gasteiger partial charge on any atom is 0.127 e. The molecule has 0 bridgehead atoms. The van der Waals surface area contributed by atoms with E-state index in [4.69, 9.17) is 10.5 Å². The molecular weight excluding hydrogens is 261 g/mol. The van der Waals surface area contributed by atoms with E-state index < -0.39 is 0 Å². The van der Waals surface area contributed by atoms with E-state index in [1.807, 2.05) is 13.0 Å². The number of rotatable bonds is 5. The molecule has 1 aliphatic heterocycles. The largest absolute Gasteiger partial charge is 0.381 e. The number of hydrogen-bond acceptors (Lipinski definition) is 3. The Morgan fingerprint density at radius 2 is 2.16 bits per heavy atom. The van der Waals surface area contributed by atoms with Crippen molar-refractivity contribution in [1.82, 2.24) is 0 Å². The van der Waals surface area contributed by atoms with E-state index >= 15 is 0 Å². The zero-order valence-corrected chi connectivity index (χ0v) is 12.2. The van der Waals surface area contributed by atoms with E-state index in [0.717, 1.165) is 42.9 Å². The van der Waals surface area contributed by atoms with Crippen LogP contribution in [-0.2, 0) is 11.2 Å². The molecule has 0 spiro atoms. The Hall–Kier alpha value is -0.580. The predicted molar refractivity (Wildman–Crippen MR) is 78.1 cm³/mol. The molecule has 106 valence electrons. The van der Waals surface area contributed by atoms with Gasteiger partial charge in [-0.2, -0.15) is 0 Å². The molecule has 0 amide bonds. The highest BCUT2D eigenvalue weighted by Gasteiger charge is 2.19. The van der Waals surface area contributed by atoms with Gasteiger partial charge >= 0.3 is 0 Å². The second-order valence-corrected chi connectivity index (χ2v) is 6.36. The molecule has 1 aromatic rings. The molecule has 0 saturated carbocycles. The summed E-state index contributed by atoms with van der Waals surface area (Å²) in [4.78, 5) is 1.05. The van der Waals surface area contributed by atoms with Gasteiger partial charge in [0.25, 0.3) is 0 Å². The Labute approximate surface area is 118 Å². The van der Waals surface area contributed by atoms with E-state index in [0.29, 0.717) is 11.7 Å². The van der Waals surface area contributed by atoms with Crippen molar-refractivity contribution < 1.29 is 9.13 Å². The molecule has 4 heteroatoms. The minimum absolute atomic E-state index is 0.0333. The summed E-state index contributed by atoms with van der Waals surface area (Å²) in [6.07, 6.45) is 3.57. The highest BCUT2D eigenvalue weighted by atomic mass is 32.2. The van der Waals surface area contributed by atoms with Crippen LogP contribution in [0.15, 0.2) is 23.1 Å². The Bertz CT molecular complexity index is 407. The second-order valence-electron chi connectivity index (χ2n) is 5.02. The second kappa shape index (κ2) is 7.27. The summed E-state index contributed by atoms with van der Waals surface area (Å²) in [6.45, 7) is 3.67. The van der Waals surface area contributed by atoms with Gasteiger partial charge in [-0.05, 0) is 37.8 Å². The Morgan fingerprint density at radius 3 is 2.84 bits per heavy atom. The van der Waals surface area contributed by atoms with Crippen molar-refractivity contribution in [3.63, 3.8) is 0 Å². The van der Waals surface area contributed by atoms with E-state index in [-0.39, 0.29) is 11.9 Å². The van der Waals surface area contributed by atoms with Gasteiger partial charge in [-0.15, -0.1) is 11.8 Å². The van der Waals surface area contributed by atoms with Crippen LogP contribution in [0, 0.1) is 5.82 Å². The number of nitrogens with two attached hydrogens (primary N) is 1. The topological polar surface area (TPSA) is 35.2 Å². The fourth-order valence-electron chi connectivity index (χ4n) is 2.23. The molecule has 0 aliphatic carbocycles.